The van der Waals surface area contributed by atoms with Gasteiger partial charge < -0.3 is 10.1 Å². The van der Waals surface area contributed by atoms with Gasteiger partial charge in [-0.15, -0.1) is 0 Å². The maximum absolute atomic E-state index is 12.7. The quantitative estimate of drug-likeness (QED) is 0.798. The Labute approximate surface area is 143 Å². The third-order valence-electron chi connectivity index (χ3n) is 4.58. The molecule has 5 heteroatoms. The Morgan fingerprint density at radius 3 is 2.87 bits per heavy atom. The number of nitrogens with one attached hydrogen (secondary N) is 1. The molecular formula is C18H17BrN2O2. The highest BCUT2D eigenvalue weighted by Crippen LogP contribution is 2.45. The number of urea groups is 1. The van der Waals surface area contributed by atoms with E-state index in [1.54, 1.807) is 4.90 Å². The summed E-state index contributed by atoms with van der Waals surface area (Å²) in [6.07, 6.45) is 0.713. The molecule has 0 unspecified atom stereocenters. The summed E-state index contributed by atoms with van der Waals surface area (Å²) in [6.45, 7) is 3.99. The van der Waals surface area contributed by atoms with Crippen LogP contribution in [0.1, 0.15) is 30.5 Å². The number of hydrogen-bond donors (Lipinski definition) is 1. The summed E-state index contributed by atoms with van der Waals surface area (Å²) < 4.78 is 7.28. The molecule has 0 saturated carbocycles. The fraction of sp³-hybridized carbons (Fsp3) is 0.278. The van der Waals surface area contributed by atoms with E-state index in [1.165, 1.54) is 0 Å². The number of benzene rings is 2. The van der Waals surface area contributed by atoms with Crippen LogP contribution in [0.25, 0.3) is 0 Å². The minimum Gasteiger partial charge on any atom is -0.467 e. The van der Waals surface area contributed by atoms with Gasteiger partial charge in [0.2, 0.25) is 0 Å². The zero-order valence-corrected chi connectivity index (χ0v) is 14.6. The number of amides is 2. The van der Waals surface area contributed by atoms with E-state index in [-0.39, 0.29) is 12.1 Å². The van der Waals surface area contributed by atoms with Crippen LogP contribution in [0.3, 0.4) is 0 Å². The van der Waals surface area contributed by atoms with E-state index in [0.29, 0.717) is 6.42 Å². The number of rotatable bonds is 1. The van der Waals surface area contributed by atoms with Crippen LogP contribution in [0.2, 0.25) is 0 Å². The van der Waals surface area contributed by atoms with E-state index in [9.17, 15) is 4.79 Å². The van der Waals surface area contributed by atoms with E-state index >= 15 is 0 Å². The number of carbonyl (C=O) groups is 1. The average molecular weight is 373 g/mol. The SMILES string of the molecule is Cc1cc(N2C(=O)N[C@@H]3C[C@@]2(C)Oc2ccccc23)ccc1Br. The van der Waals surface area contributed by atoms with Gasteiger partial charge in [0.05, 0.1) is 6.04 Å². The van der Waals surface area contributed by atoms with Gasteiger partial charge in [-0.05, 0) is 43.7 Å². The first kappa shape index (κ1) is 14.6. The zero-order chi connectivity index (χ0) is 16.2. The van der Waals surface area contributed by atoms with E-state index < -0.39 is 5.72 Å². The Balaban J connectivity index is 1.81. The van der Waals surface area contributed by atoms with Gasteiger partial charge in [-0.3, -0.25) is 4.90 Å². The summed E-state index contributed by atoms with van der Waals surface area (Å²) in [7, 11) is 0. The Kier molecular flexibility index (Phi) is 3.17. The molecule has 118 valence electrons. The lowest BCUT2D eigenvalue weighted by Crippen LogP contribution is -2.65. The summed E-state index contributed by atoms with van der Waals surface area (Å²) in [5.74, 6) is 0.838. The predicted octanol–water partition coefficient (Wildman–Crippen LogP) is 4.53. The molecule has 1 saturated heterocycles. The Morgan fingerprint density at radius 1 is 1.30 bits per heavy atom. The van der Waals surface area contributed by atoms with Crippen LogP contribution in [0.15, 0.2) is 46.9 Å². The van der Waals surface area contributed by atoms with E-state index in [2.05, 4.69) is 21.2 Å². The largest absolute Gasteiger partial charge is 0.467 e. The number of anilines is 1. The number of halogens is 1. The molecule has 0 aromatic heterocycles. The highest BCUT2D eigenvalue weighted by atomic mass is 79.9. The molecule has 4 nitrogen and oxygen atoms in total. The summed E-state index contributed by atoms with van der Waals surface area (Å²) >= 11 is 3.51. The Hall–Kier alpha value is -2.01. The second-order valence-corrected chi connectivity index (χ2v) is 7.14. The maximum Gasteiger partial charge on any atom is 0.325 e. The van der Waals surface area contributed by atoms with Crippen molar-refractivity contribution in [3.8, 4) is 5.75 Å². The smallest absolute Gasteiger partial charge is 0.325 e. The van der Waals surface area contributed by atoms with Crippen molar-refractivity contribution in [1.29, 1.82) is 0 Å². The molecule has 0 radical (unpaired) electrons. The highest BCUT2D eigenvalue weighted by molar-refractivity contribution is 9.10. The van der Waals surface area contributed by atoms with E-state index in [4.69, 9.17) is 4.74 Å². The van der Waals surface area contributed by atoms with Crippen LogP contribution in [0.5, 0.6) is 5.75 Å². The molecule has 2 aliphatic heterocycles. The summed E-state index contributed by atoms with van der Waals surface area (Å²) in [6, 6.07) is 13.7. The molecule has 4 rings (SSSR count). The molecule has 2 atom stereocenters. The monoisotopic (exact) mass is 372 g/mol. The molecule has 2 aliphatic rings. The number of aryl methyl sites for hydroxylation is 1. The number of hydrogen-bond acceptors (Lipinski definition) is 2. The van der Waals surface area contributed by atoms with Crippen LogP contribution in [-0.2, 0) is 0 Å². The number of carbonyl (C=O) groups excluding carboxylic acids is 1. The van der Waals surface area contributed by atoms with Gasteiger partial charge >= 0.3 is 6.03 Å². The first-order valence-corrected chi connectivity index (χ1v) is 8.42. The van der Waals surface area contributed by atoms with Crippen LogP contribution in [0, 0.1) is 6.92 Å². The summed E-state index contributed by atoms with van der Waals surface area (Å²) in [5, 5.41) is 3.11. The van der Waals surface area contributed by atoms with Crippen molar-refractivity contribution in [2.45, 2.75) is 32.0 Å². The van der Waals surface area contributed by atoms with Crippen LogP contribution < -0.4 is 15.0 Å². The summed E-state index contributed by atoms with van der Waals surface area (Å²) in [4.78, 5) is 14.5. The molecule has 2 amide bonds. The number of ether oxygens (including phenoxy) is 1. The van der Waals surface area contributed by atoms with Crippen LogP contribution >= 0.6 is 15.9 Å². The fourth-order valence-corrected chi connectivity index (χ4v) is 3.73. The third kappa shape index (κ3) is 2.22. The maximum atomic E-state index is 12.7. The standard InChI is InChI=1S/C18H17BrN2O2/c1-11-9-12(7-8-14(11)19)21-17(22)20-15-10-18(21,2)23-16-6-4-3-5-13(15)16/h3-9,15H,10H2,1-2H3,(H,20,22)/t15-,18-/m1/s1. The van der Waals surface area contributed by atoms with E-state index in [0.717, 1.165) is 27.0 Å². The predicted molar refractivity (Wildman–Crippen MR) is 92.7 cm³/mol. The molecule has 2 heterocycles. The number of nitrogens with zero attached hydrogens (tertiary/aromatic N) is 1. The second kappa shape index (κ2) is 4.99. The molecule has 2 aromatic carbocycles. The van der Waals surface area contributed by atoms with Crippen molar-refractivity contribution < 1.29 is 9.53 Å². The van der Waals surface area contributed by atoms with Crippen molar-refractivity contribution in [3.05, 3.63) is 58.1 Å². The zero-order valence-electron chi connectivity index (χ0n) is 13.0. The fourth-order valence-electron chi connectivity index (χ4n) is 3.48. The van der Waals surface area contributed by atoms with Gasteiger partial charge in [-0.25, -0.2) is 4.79 Å². The molecule has 2 aromatic rings. The molecule has 1 fully saturated rings. The third-order valence-corrected chi connectivity index (χ3v) is 5.47. The van der Waals surface area contributed by atoms with Crippen molar-refractivity contribution >= 4 is 27.6 Å². The van der Waals surface area contributed by atoms with Gasteiger partial charge in [-0.1, -0.05) is 34.1 Å². The van der Waals surface area contributed by atoms with Crippen LogP contribution in [-0.4, -0.2) is 11.8 Å². The van der Waals surface area contributed by atoms with Gasteiger partial charge in [-0.2, -0.15) is 0 Å². The lowest BCUT2D eigenvalue weighted by molar-refractivity contribution is 0.0379. The summed E-state index contributed by atoms with van der Waals surface area (Å²) in [5.41, 5.74) is 2.27. The lowest BCUT2D eigenvalue weighted by atomic mass is 9.90. The molecule has 0 aliphatic carbocycles. The van der Waals surface area contributed by atoms with Gasteiger partial charge in [0, 0.05) is 22.1 Å². The number of para-hydroxylation sites is 1. The average Bonchev–Trinajstić information content (AvgIpc) is 2.50. The van der Waals surface area contributed by atoms with Crippen molar-refractivity contribution in [3.63, 3.8) is 0 Å². The normalized spacial score (nSPS) is 25.4. The minimum absolute atomic E-state index is 0.00903. The second-order valence-electron chi connectivity index (χ2n) is 6.29. The minimum atomic E-state index is -0.693. The molecule has 1 N–H and O–H groups in total. The highest BCUT2D eigenvalue weighted by Gasteiger charge is 2.49. The van der Waals surface area contributed by atoms with Crippen LogP contribution in [0.4, 0.5) is 10.5 Å². The van der Waals surface area contributed by atoms with Gasteiger partial charge in [0.25, 0.3) is 0 Å². The number of fused-ring (bicyclic) bond motifs is 4. The van der Waals surface area contributed by atoms with Gasteiger partial charge in [0.15, 0.2) is 5.72 Å². The van der Waals surface area contributed by atoms with E-state index in [1.807, 2.05) is 56.3 Å². The Morgan fingerprint density at radius 2 is 2.09 bits per heavy atom. The first-order valence-electron chi connectivity index (χ1n) is 7.63. The lowest BCUT2D eigenvalue weighted by Gasteiger charge is -2.50. The van der Waals surface area contributed by atoms with Crippen molar-refractivity contribution in [1.82, 2.24) is 5.32 Å². The molecule has 23 heavy (non-hydrogen) atoms. The van der Waals surface area contributed by atoms with Crippen molar-refractivity contribution in [2.24, 2.45) is 0 Å². The molecular weight excluding hydrogens is 356 g/mol. The Bertz CT molecular complexity index is 807. The first-order chi connectivity index (χ1) is 11.0. The molecule has 2 bridgehead atoms. The molecule has 0 spiro atoms. The topological polar surface area (TPSA) is 41.6 Å². The van der Waals surface area contributed by atoms with Gasteiger partial charge in [0.1, 0.15) is 5.75 Å². The van der Waals surface area contributed by atoms with Crippen molar-refractivity contribution in [2.75, 3.05) is 4.90 Å².